The van der Waals surface area contributed by atoms with Crippen molar-refractivity contribution in [1.29, 1.82) is 0 Å². The maximum atomic E-state index is 8.87. The van der Waals surface area contributed by atoms with Gasteiger partial charge in [0.05, 0.1) is 6.10 Å². The molecule has 4 heteroatoms. The van der Waals surface area contributed by atoms with Crippen molar-refractivity contribution in [2.75, 3.05) is 6.54 Å². The molecule has 0 saturated carbocycles. The van der Waals surface area contributed by atoms with Crippen molar-refractivity contribution in [1.82, 2.24) is 0 Å². The van der Waals surface area contributed by atoms with Crippen LogP contribution in [0.5, 0.6) is 0 Å². The number of hydrogen-bond acceptors (Lipinski definition) is 4. The van der Waals surface area contributed by atoms with E-state index in [1.54, 1.807) is 0 Å². The highest BCUT2D eigenvalue weighted by atomic mass is 16.6. The number of ether oxygens (including phenoxy) is 1. The van der Waals surface area contributed by atoms with Crippen molar-refractivity contribution in [3.63, 3.8) is 0 Å². The van der Waals surface area contributed by atoms with Crippen molar-refractivity contribution in [2.45, 2.75) is 24.9 Å². The van der Waals surface area contributed by atoms with Crippen LogP contribution in [0.15, 0.2) is 0 Å². The Bertz CT molecular complexity index is 88.2. The largest absolute Gasteiger partial charge is 0.388 e. The summed E-state index contributed by atoms with van der Waals surface area (Å²) < 4.78 is 4.80. The molecule has 9 heavy (non-hydrogen) atoms. The Morgan fingerprint density at radius 1 is 1.56 bits per heavy atom. The van der Waals surface area contributed by atoms with Gasteiger partial charge in [-0.3, -0.25) is 0 Å². The molecule has 4 N–H and O–H groups in total. The second-order valence-corrected chi connectivity index (χ2v) is 2.19. The molecule has 1 saturated heterocycles. The van der Waals surface area contributed by atoms with Gasteiger partial charge in [0.1, 0.15) is 6.10 Å². The monoisotopic (exact) mass is 133 g/mol. The van der Waals surface area contributed by atoms with E-state index in [-0.39, 0.29) is 6.10 Å². The fourth-order valence-corrected chi connectivity index (χ4v) is 0.881. The van der Waals surface area contributed by atoms with Crippen molar-refractivity contribution >= 4 is 0 Å². The predicted octanol–water partition coefficient (Wildman–Crippen LogP) is -1.59. The first-order valence-electron chi connectivity index (χ1n) is 2.95. The Kier molecular flexibility index (Phi) is 2.02. The van der Waals surface area contributed by atoms with Gasteiger partial charge in [-0.15, -0.1) is 0 Å². The van der Waals surface area contributed by atoms with Crippen molar-refractivity contribution < 1.29 is 14.9 Å². The van der Waals surface area contributed by atoms with Crippen LogP contribution in [0.25, 0.3) is 0 Å². The average Bonchev–Trinajstić information content (AvgIpc) is 2.13. The molecule has 0 aromatic heterocycles. The van der Waals surface area contributed by atoms with E-state index in [0.717, 1.165) is 0 Å². The summed E-state index contributed by atoms with van der Waals surface area (Å²) in [5.74, 6) is 0. The van der Waals surface area contributed by atoms with Crippen molar-refractivity contribution in [3.05, 3.63) is 0 Å². The summed E-state index contributed by atoms with van der Waals surface area (Å²) in [7, 11) is 0. The van der Waals surface area contributed by atoms with Gasteiger partial charge in [0.15, 0.2) is 6.29 Å². The number of aliphatic hydroxyl groups excluding tert-OH is 2. The molecule has 1 rings (SSSR count). The number of rotatable bonds is 1. The molecule has 4 nitrogen and oxygen atoms in total. The first-order valence-corrected chi connectivity index (χ1v) is 2.95. The highest BCUT2D eigenvalue weighted by Crippen LogP contribution is 2.16. The van der Waals surface area contributed by atoms with Gasteiger partial charge in [0.25, 0.3) is 0 Å². The molecule has 0 radical (unpaired) electrons. The van der Waals surface area contributed by atoms with E-state index in [1.165, 1.54) is 0 Å². The summed E-state index contributed by atoms with van der Waals surface area (Å²) in [5.41, 5.74) is 5.21. The molecule has 1 aliphatic heterocycles. The molecule has 1 aliphatic rings. The summed E-state index contributed by atoms with van der Waals surface area (Å²) in [6, 6.07) is 0. The molecule has 0 aliphatic carbocycles. The summed E-state index contributed by atoms with van der Waals surface area (Å²) >= 11 is 0. The van der Waals surface area contributed by atoms with E-state index < -0.39 is 12.4 Å². The summed E-state index contributed by atoms with van der Waals surface area (Å²) in [6.07, 6.45) is -1.51. The molecule has 0 aromatic carbocycles. The van der Waals surface area contributed by atoms with Gasteiger partial charge in [-0.25, -0.2) is 0 Å². The Morgan fingerprint density at radius 2 is 2.22 bits per heavy atom. The smallest absolute Gasteiger partial charge is 0.181 e. The minimum absolute atomic E-state index is 0.171. The Balaban J connectivity index is 2.35. The summed E-state index contributed by atoms with van der Waals surface area (Å²) in [4.78, 5) is 0. The van der Waals surface area contributed by atoms with Crippen LogP contribution < -0.4 is 5.73 Å². The second-order valence-electron chi connectivity index (χ2n) is 2.19. The zero-order valence-electron chi connectivity index (χ0n) is 5.03. The van der Waals surface area contributed by atoms with Crippen LogP contribution in [-0.4, -0.2) is 35.3 Å². The minimum atomic E-state index is -1.03. The molecule has 0 aromatic rings. The average molecular weight is 133 g/mol. The highest BCUT2D eigenvalue weighted by molar-refractivity contribution is 4.75. The Hall–Kier alpha value is -0.160. The summed E-state index contributed by atoms with van der Waals surface area (Å²) in [5, 5.41) is 17.6. The quantitative estimate of drug-likeness (QED) is 0.403. The van der Waals surface area contributed by atoms with E-state index in [4.69, 9.17) is 20.7 Å². The maximum absolute atomic E-state index is 8.87. The molecule has 54 valence electrons. The van der Waals surface area contributed by atoms with Gasteiger partial charge in [-0.05, 0) is 0 Å². The van der Waals surface area contributed by atoms with Gasteiger partial charge in [0.2, 0.25) is 0 Å². The van der Waals surface area contributed by atoms with Crippen LogP contribution in [0.3, 0.4) is 0 Å². The third-order valence-electron chi connectivity index (χ3n) is 1.43. The Labute approximate surface area is 53.2 Å². The lowest BCUT2D eigenvalue weighted by molar-refractivity contribution is -0.124. The van der Waals surface area contributed by atoms with Crippen LogP contribution in [0.4, 0.5) is 0 Å². The van der Waals surface area contributed by atoms with E-state index in [2.05, 4.69) is 0 Å². The van der Waals surface area contributed by atoms with Gasteiger partial charge >= 0.3 is 0 Å². The molecule has 0 spiro atoms. The molecule has 3 atom stereocenters. The first-order chi connectivity index (χ1) is 4.24. The van der Waals surface area contributed by atoms with Crippen molar-refractivity contribution in [2.24, 2.45) is 5.73 Å². The standard InChI is InChI=1S/C5H11NO3/c6-2-3-1-4(7)5(8)9-3/h3-5,7-8H,1-2,6H2. The predicted molar refractivity (Wildman–Crippen MR) is 30.6 cm³/mol. The molecule has 3 unspecified atom stereocenters. The first kappa shape index (κ1) is 6.95. The van der Waals surface area contributed by atoms with Crippen LogP contribution in [0.2, 0.25) is 0 Å². The Morgan fingerprint density at radius 3 is 2.44 bits per heavy atom. The number of aliphatic hydroxyl groups is 2. The molecule has 1 fully saturated rings. The van der Waals surface area contributed by atoms with Crippen LogP contribution >= 0.6 is 0 Å². The maximum Gasteiger partial charge on any atom is 0.181 e. The second kappa shape index (κ2) is 2.62. The third kappa shape index (κ3) is 1.40. The highest BCUT2D eigenvalue weighted by Gasteiger charge is 2.30. The molecule has 0 bridgehead atoms. The normalized spacial score (nSPS) is 43.7. The fourth-order valence-electron chi connectivity index (χ4n) is 0.881. The lowest BCUT2D eigenvalue weighted by atomic mass is 10.2. The van der Waals surface area contributed by atoms with Crippen LogP contribution in [0, 0.1) is 0 Å². The third-order valence-corrected chi connectivity index (χ3v) is 1.43. The van der Waals surface area contributed by atoms with Crippen LogP contribution in [-0.2, 0) is 4.74 Å². The SMILES string of the molecule is NCC1CC(O)C(O)O1. The van der Waals surface area contributed by atoms with Crippen molar-refractivity contribution in [3.8, 4) is 0 Å². The zero-order chi connectivity index (χ0) is 6.85. The summed E-state index contributed by atoms with van der Waals surface area (Å²) in [6.45, 7) is 0.355. The van der Waals surface area contributed by atoms with Gasteiger partial charge < -0.3 is 20.7 Å². The van der Waals surface area contributed by atoms with E-state index >= 15 is 0 Å². The molecular weight excluding hydrogens is 122 g/mol. The van der Waals surface area contributed by atoms with E-state index in [9.17, 15) is 0 Å². The number of hydrogen-bond donors (Lipinski definition) is 3. The lowest BCUT2D eigenvalue weighted by Crippen LogP contribution is -2.20. The molecule has 1 heterocycles. The zero-order valence-corrected chi connectivity index (χ0v) is 5.03. The van der Waals surface area contributed by atoms with Crippen LogP contribution in [0.1, 0.15) is 6.42 Å². The van der Waals surface area contributed by atoms with Gasteiger partial charge in [-0.2, -0.15) is 0 Å². The number of nitrogens with two attached hydrogens (primary N) is 1. The fraction of sp³-hybridized carbons (Fsp3) is 1.00. The minimum Gasteiger partial charge on any atom is -0.388 e. The lowest BCUT2D eigenvalue weighted by Gasteiger charge is -2.05. The van der Waals surface area contributed by atoms with Gasteiger partial charge in [0, 0.05) is 13.0 Å². The topological polar surface area (TPSA) is 75.7 Å². The van der Waals surface area contributed by atoms with E-state index in [1.807, 2.05) is 0 Å². The van der Waals surface area contributed by atoms with Gasteiger partial charge in [-0.1, -0.05) is 0 Å². The van der Waals surface area contributed by atoms with E-state index in [0.29, 0.717) is 13.0 Å². The molecule has 0 amide bonds. The molecular formula is C5H11NO3.